The van der Waals surface area contributed by atoms with E-state index >= 15 is 0 Å². The standard InChI is InChI=1S/C5H10N3O3P/c1-4(6)5(8-3-7-2)12(9,10)11/h3H,2,6H2,1H3,(H2,9,10,11)/b5-4-,8-3?. The van der Waals surface area contributed by atoms with Gasteiger partial charge in [-0.25, -0.2) is 4.99 Å². The van der Waals surface area contributed by atoms with Crippen LogP contribution in [-0.2, 0) is 4.57 Å². The van der Waals surface area contributed by atoms with Crippen LogP contribution >= 0.6 is 7.60 Å². The molecule has 0 fully saturated rings. The molecule has 0 aliphatic rings. The van der Waals surface area contributed by atoms with E-state index in [1.165, 1.54) is 6.92 Å². The van der Waals surface area contributed by atoms with Gasteiger partial charge in [0.05, 0.1) is 0 Å². The van der Waals surface area contributed by atoms with E-state index in [4.69, 9.17) is 15.5 Å². The minimum atomic E-state index is -4.39. The van der Waals surface area contributed by atoms with Crippen LogP contribution in [-0.4, -0.2) is 22.8 Å². The summed E-state index contributed by atoms with van der Waals surface area (Å²) in [6, 6.07) is 0. The van der Waals surface area contributed by atoms with Gasteiger partial charge in [0.1, 0.15) is 6.34 Å². The van der Waals surface area contributed by atoms with E-state index in [0.717, 1.165) is 6.34 Å². The van der Waals surface area contributed by atoms with Crippen molar-refractivity contribution in [3.05, 3.63) is 11.1 Å². The number of allylic oxidation sites excluding steroid dienone is 1. The molecule has 0 heterocycles. The summed E-state index contributed by atoms with van der Waals surface area (Å²) < 4.78 is 10.7. The van der Waals surface area contributed by atoms with Gasteiger partial charge >= 0.3 is 7.60 Å². The summed E-state index contributed by atoms with van der Waals surface area (Å²) in [5, 5.41) is 0. The Bertz CT molecular complexity index is 274. The topological polar surface area (TPSA) is 108 Å². The number of nitrogens with zero attached hydrogens (tertiary/aromatic N) is 2. The SMILES string of the molecule is C=NC=N/C(=C(\C)N)P(=O)(O)O. The molecule has 0 unspecified atom stereocenters. The van der Waals surface area contributed by atoms with Crippen molar-refractivity contribution < 1.29 is 14.4 Å². The van der Waals surface area contributed by atoms with Gasteiger partial charge in [0.15, 0.2) is 5.44 Å². The first-order valence-electron chi connectivity index (χ1n) is 2.90. The first kappa shape index (κ1) is 11.0. The van der Waals surface area contributed by atoms with Crippen molar-refractivity contribution in [1.29, 1.82) is 0 Å². The number of rotatable bonds is 3. The fourth-order valence-corrected chi connectivity index (χ4v) is 1.16. The van der Waals surface area contributed by atoms with Crippen LogP contribution in [0.15, 0.2) is 21.1 Å². The molecule has 0 aliphatic heterocycles. The fraction of sp³-hybridized carbons (Fsp3) is 0.200. The highest BCUT2D eigenvalue weighted by atomic mass is 31.2. The average molecular weight is 191 g/mol. The Morgan fingerprint density at radius 3 is 2.42 bits per heavy atom. The Morgan fingerprint density at radius 1 is 1.67 bits per heavy atom. The zero-order valence-corrected chi connectivity index (χ0v) is 7.40. The first-order chi connectivity index (χ1) is 5.39. The van der Waals surface area contributed by atoms with Gasteiger partial charge in [-0.3, -0.25) is 9.56 Å². The molecule has 0 saturated carbocycles. The van der Waals surface area contributed by atoms with Crippen molar-refractivity contribution in [3.63, 3.8) is 0 Å². The molecule has 7 heteroatoms. The molecular weight excluding hydrogens is 181 g/mol. The molecule has 6 nitrogen and oxygen atoms in total. The third-order valence-electron chi connectivity index (χ3n) is 0.890. The fourth-order valence-electron chi connectivity index (χ4n) is 0.502. The summed E-state index contributed by atoms with van der Waals surface area (Å²) in [4.78, 5) is 23.9. The van der Waals surface area contributed by atoms with E-state index in [1.807, 2.05) is 0 Å². The molecule has 0 rings (SSSR count). The largest absolute Gasteiger partial charge is 0.400 e. The van der Waals surface area contributed by atoms with E-state index in [9.17, 15) is 4.57 Å². The second-order valence-corrected chi connectivity index (χ2v) is 3.49. The molecule has 0 aromatic rings. The summed E-state index contributed by atoms with van der Waals surface area (Å²) in [5.41, 5.74) is 4.66. The van der Waals surface area contributed by atoms with Crippen LogP contribution in [0.3, 0.4) is 0 Å². The number of hydrogen-bond donors (Lipinski definition) is 3. The molecule has 0 amide bonds. The minimum Gasteiger partial charge on any atom is -0.400 e. The predicted octanol–water partition coefficient (Wildman–Crippen LogP) is 0.0407. The second-order valence-electron chi connectivity index (χ2n) is 1.98. The van der Waals surface area contributed by atoms with E-state index in [-0.39, 0.29) is 5.70 Å². The van der Waals surface area contributed by atoms with E-state index in [0.29, 0.717) is 0 Å². The lowest BCUT2D eigenvalue weighted by molar-refractivity contribution is 0.381. The van der Waals surface area contributed by atoms with Crippen molar-refractivity contribution in [3.8, 4) is 0 Å². The molecule has 0 aromatic heterocycles. The van der Waals surface area contributed by atoms with E-state index in [1.54, 1.807) is 0 Å². The average Bonchev–Trinajstić information content (AvgIpc) is 1.84. The van der Waals surface area contributed by atoms with Gasteiger partial charge in [-0.15, -0.1) is 0 Å². The summed E-state index contributed by atoms with van der Waals surface area (Å²) in [7, 11) is -4.39. The number of hydrogen-bond acceptors (Lipinski definition) is 3. The van der Waals surface area contributed by atoms with E-state index < -0.39 is 13.0 Å². The third-order valence-corrected chi connectivity index (χ3v) is 1.91. The van der Waals surface area contributed by atoms with Gasteiger partial charge in [-0.2, -0.15) is 0 Å². The van der Waals surface area contributed by atoms with Crippen molar-refractivity contribution in [1.82, 2.24) is 0 Å². The lowest BCUT2D eigenvalue weighted by atomic mass is 10.6. The monoisotopic (exact) mass is 191 g/mol. The van der Waals surface area contributed by atoms with Crippen LogP contribution in [0.25, 0.3) is 0 Å². The molecule has 0 radical (unpaired) electrons. The van der Waals surface area contributed by atoms with Crippen LogP contribution < -0.4 is 5.73 Å². The van der Waals surface area contributed by atoms with Gasteiger partial charge in [-0.05, 0) is 13.6 Å². The van der Waals surface area contributed by atoms with E-state index in [2.05, 4.69) is 16.7 Å². The molecule has 0 spiro atoms. The highest BCUT2D eigenvalue weighted by Gasteiger charge is 2.21. The molecule has 0 aliphatic carbocycles. The second kappa shape index (κ2) is 4.15. The predicted molar refractivity (Wildman–Crippen MR) is 47.0 cm³/mol. The Kier molecular flexibility index (Phi) is 3.82. The molecule has 0 aromatic carbocycles. The zero-order chi connectivity index (χ0) is 9.78. The Labute approximate surface area is 69.7 Å². The zero-order valence-electron chi connectivity index (χ0n) is 6.51. The molecular formula is C5H10N3O3P. The molecule has 12 heavy (non-hydrogen) atoms. The van der Waals surface area contributed by atoms with Crippen LogP contribution in [0.4, 0.5) is 0 Å². The van der Waals surface area contributed by atoms with Crippen LogP contribution in [0, 0.1) is 0 Å². The van der Waals surface area contributed by atoms with Gasteiger partial charge in [0.25, 0.3) is 0 Å². The quantitative estimate of drug-likeness (QED) is 0.332. The normalized spacial score (nSPS) is 14.6. The third kappa shape index (κ3) is 3.43. The highest BCUT2D eigenvalue weighted by Crippen LogP contribution is 2.46. The van der Waals surface area contributed by atoms with Crippen molar-refractivity contribution in [2.24, 2.45) is 15.7 Å². The van der Waals surface area contributed by atoms with Crippen LogP contribution in [0.2, 0.25) is 0 Å². The Hall–Kier alpha value is -0.970. The molecule has 0 saturated heterocycles. The maximum atomic E-state index is 10.7. The molecule has 4 N–H and O–H groups in total. The van der Waals surface area contributed by atoms with Crippen LogP contribution in [0.1, 0.15) is 6.92 Å². The summed E-state index contributed by atoms with van der Waals surface area (Å²) in [6.07, 6.45) is 0.921. The smallest absolute Gasteiger partial charge is 0.376 e. The lowest BCUT2D eigenvalue weighted by Crippen LogP contribution is -1.97. The van der Waals surface area contributed by atoms with Gasteiger partial charge in [0.2, 0.25) is 0 Å². The van der Waals surface area contributed by atoms with Crippen molar-refractivity contribution in [2.75, 3.05) is 0 Å². The first-order valence-corrected chi connectivity index (χ1v) is 4.51. The molecule has 68 valence electrons. The number of nitrogens with two attached hydrogens (primary N) is 1. The lowest BCUT2D eigenvalue weighted by Gasteiger charge is -2.04. The van der Waals surface area contributed by atoms with Crippen LogP contribution in [0.5, 0.6) is 0 Å². The van der Waals surface area contributed by atoms with Gasteiger partial charge in [-0.1, -0.05) is 0 Å². The summed E-state index contributed by atoms with van der Waals surface area (Å²) in [6.45, 7) is 4.40. The molecule has 0 atom stereocenters. The maximum absolute atomic E-state index is 10.7. The molecule has 0 bridgehead atoms. The van der Waals surface area contributed by atoms with Crippen molar-refractivity contribution >= 4 is 20.7 Å². The Balaban J connectivity index is 4.98. The minimum absolute atomic E-state index is 0.0387. The van der Waals surface area contributed by atoms with Gasteiger partial charge in [0, 0.05) is 5.70 Å². The highest BCUT2D eigenvalue weighted by molar-refractivity contribution is 7.56. The Morgan fingerprint density at radius 2 is 2.17 bits per heavy atom. The van der Waals surface area contributed by atoms with Crippen molar-refractivity contribution in [2.45, 2.75) is 6.92 Å². The summed E-state index contributed by atoms with van der Waals surface area (Å²) in [5.74, 6) is 0. The number of aliphatic imine (C=N–C) groups is 2. The van der Waals surface area contributed by atoms with Gasteiger partial charge < -0.3 is 15.5 Å². The summed E-state index contributed by atoms with van der Waals surface area (Å²) >= 11 is 0. The maximum Gasteiger partial charge on any atom is 0.376 e.